The Morgan fingerprint density at radius 2 is 1.97 bits per heavy atom. The molecule has 5 aromatic rings. The van der Waals surface area contributed by atoms with E-state index in [0.29, 0.717) is 43.6 Å². The summed E-state index contributed by atoms with van der Waals surface area (Å²) in [5.41, 5.74) is 2.44. The molecule has 0 saturated carbocycles. The first-order chi connectivity index (χ1) is 15.5. The second-order valence-corrected chi connectivity index (χ2v) is 8.00. The molecule has 8 heteroatoms. The largest absolute Gasteiger partial charge is 0.456 e. The molecule has 0 bridgehead atoms. The summed E-state index contributed by atoms with van der Waals surface area (Å²) in [6.45, 7) is 0.0526. The van der Waals surface area contributed by atoms with Gasteiger partial charge in [-0.1, -0.05) is 23.2 Å². The standard InChI is InChI=1S/C24H14Cl2N4O2/c25-20-7-18-14(9-27)12-30(23(18)8-21(20)26)13-24(31)19-11-29-22-6-15(3-4-17(19)22)32-16-2-1-5-28-10-16/h1-8,10-12,29H,13H2. The Kier molecular flexibility index (Phi) is 5.06. The van der Waals surface area contributed by atoms with Crippen LogP contribution < -0.4 is 4.74 Å². The molecular weight excluding hydrogens is 447 g/mol. The van der Waals surface area contributed by atoms with E-state index in [-0.39, 0.29) is 12.3 Å². The van der Waals surface area contributed by atoms with Gasteiger partial charge < -0.3 is 14.3 Å². The summed E-state index contributed by atoms with van der Waals surface area (Å²) in [5, 5.41) is 11.6. The SMILES string of the molecule is N#Cc1cn(CC(=O)c2c[nH]c3cc(Oc4cccnc4)ccc23)c2cc(Cl)c(Cl)cc12. The Hall–Kier alpha value is -3.79. The number of Topliss-reactive ketones (excluding diaryl/α,β-unsaturated/α-hetero) is 1. The number of nitriles is 1. The van der Waals surface area contributed by atoms with E-state index in [9.17, 15) is 10.1 Å². The Balaban J connectivity index is 1.46. The number of nitrogens with one attached hydrogen (secondary N) is 1. The van der Waals surface area contributed by atoms with Gasteiger partial charge in [-0.2, -0.15) is 5.26 Å². The first-order valence-electron chi connectivity index (χ1n) is 9.63. The Bertz CT molecular complexity index is 1530. The highest BCUT2D eigenvalue weighted by atomic mass is 35.5. The molecule has 0 amide bonds. The highest BCUT2D eigenvalue weighted by Crippen LogP contribution is 2.32. The van der Waals surface area contributed by atoms with Gasteiger partial charge in [0.2, 0.25) is 0 Å². The lowest BCUT2D eigenvalue weighted by molar-refractivity contribution is 0.0975. The van der Waals surface area contributed by atoms with Crippen LogP contribution in [0.1, 0.15) is 15.9 Å². The summed E-state index contributed by atoms with van der Waals surface area (Å²) < 4.78 is 7.53. The molecule has 0 aliphatic rings. The number of hydrogen-bond donors (Lipinski definition) is 1. The third-order valence-electron chi connectivity index (χ3n) is 5.18. The molecule has 0 unspecified atom stereocenters. The first kappa shape index (κ1) is 20.1. The van der Waals surface area contributed by atoms with Gasteiger partial charge in [-0.25, -0.2) is 0 Å². The number of aromatic amines is 1. The van der Waals surface area contributed by atoms with Crippen molar-refractivity contribution in [2.45, 2.75) is 6.54 Å². The van der Waals surface area contributed by atoms with E-state index in [1.807, 2.05) is 18.2 Å². The Morgan fingerprint density at radius 3 is 2.75 bits per heavy atom. The van der Waals surface area contributed by atoms with E-state index >= 15 is 0 Å². The molecule has 156 valence electrons. The molecule has 0 aliphatic carbocycles. The van der Waals surface area contributed by atoms with Crippen LogP contribution in [0.2, 0.25) is 10.0 Å². The van der Waals surface area contributed by atoms with Gasteiger partial charge in [0.25, 0.3) is 0 Å². The molecule has 6 nitrogen and oxygen atoms in total. The van der Waals surface area contributed by atoms with Gasteiger partial charge in [0.05, 0.1) is 33.9 Å². The summed E-state index contributed by atoms with van der Waals surface area (Å²) in [5.74, 6) is 1.15. The summed E-state index contributed by atoms with van der Waals surface area (Å²) >= 11 is 12.3. The third kappa shape index (κ3) is 3.58. The summed E-state index contributed by atoms with van der Waals surface area (Å²) in [6, 6.07) is 14.6. The Labute approximate surface area is 192 Å². The topological polar surface area (TPSA) is 83.7 Å². The minimum Gasteiger partial charge on any atom is -0.456 e. The zero-order valence-electron chi connectivity index (χ0n) is 16.5. The van der Waals surface area contributed by atoms with Crippen molar-refractivity contribution in [3.05, 3.63) is 88.4 Å². The highest BCUT2D eigenvalue weighted by Gasteiger charge is 2.17. The van der Waals surface area contributed by atoms with Crippen molar-refractivity contribution >= 4 is 50.8 Å². The van der Waals surface area contributed by atoms with Gasteiger partial charge in [-0.05, 0) is 36.4 Å². The fourth-order valence-corrected chi connectivity index (χ4v) is 4.01. The minimum absolute atomic E-state index is 0.0526. The van der Waals surface area contributed by atoms with E-state index in [1.54, 1.807) is 53.6 Å². The summed E-state index contributed by atoms with van der Waals surface area (Å²) in [7, 11) is 0. The van der Waals surface area contributed by atoms with E-state index in [0.717, 1.165) is 10.9 Å². The lowest BCUT2D eigenvalue weighted by Gasteiger charge is -2.06. The molecule has 0 spiro atoms. The highest BCUT2D eigenvalue weighted by molar-refractivity contribution is 6.42. The number of ether oxygens (including phenoxy) is 1. The van der Waals surface area contributed by atoms with Crippen molar-refractivity contribution in [2.75, 3.05) is 0 Å². The van der Waals surface area contributed by atoms with Crippen molar-refractivity contribution in [3.8, 4) is 17.6 Å². The number of pyridine rings is 1. The average molecular weight is 461 g/mol. The van der Waals surface area contributed by atoms with E-state index in [1.165, 1.54) is 0 Å². The lowest BCUT2D eigenvalue weighted by atomic mass is 10.1. The number of aromatic nitrogens is 3. The molecule has 0 saturated heterocycles. The second-order valence-electron chi connectivity index (χ2n) is 7.19. The van der Waals surface area contributed by atoms with E-state index in [4.69, 9.17) is 27.9 Å². The van der Waals surface area contributed by atoms with Crippen LogP contribution in [0.5, 0.6) is 11.5 Å². The number of carbonyl (C=O) groups excluding carboxylic acids is 1. The lowest BCUT2D eigenvalue weighted by Crippen LogP contribution is -2.09. The summed E-state index contributed by atoms with van der Waals surface area (Å²) in [4.78, 5) is 20.3. The first-order valence-corrected chi connectivity index (χ1v) is 10.4. The van der Waals surface area contributed by atoms with Crippen LogP contribution in [0, 0.1) is 11.3 Å². The molecular formula is C24H14Cl2N4O2. The number of carbonyl (C=O) groups is 1. The molecule has 0 fully saturated rings. The van der Waals surface area contributed by atoms with Crippen LogP contribution in [-0.2, 0) is 6.54 Å². The molecule has 0 atom stereocenters. The van der Waals surface area contributed by atoms with Crippen LogP contribution in [0.3, 0.4) is 0 Å². The Morgan fingerprint density at radius 1 is 1.12 bits per heavy atom. The van der Waals surface area contributed by atoms with Crippen LogP contribution in [0.25, 0.3) is 21.8 Å². The fraction of sp³-hybridized carbons (Fsp3) is 0.0417. The number of fused-ring (bicyclic) bond motifs is 2. The maximum absolute atomic E-state index is 13.1. The molecule has 1 N–H and O–H groups in total. The van der Waals surface area contributed by atoms with Crippen LogP contribution in [0.15, 0.2) is 67.3 Å². The molecule has 5 rings (SSSR count). The van der Waals surface area contributed by atoms with Crippen molar-refractivity contribution < 1.29 is 9.53 Å². The molecule has 3 heterocycles. The molecule has 0 aliphatic heterocycles. The number of H-pyrrole nitrogens is 1. The van der Waals surface area contributed by atoms with Gasteiger partial charge in [-0.15, -0.1) is 0 Å². The summed E-state index contributed by atoms with van der Waals surface area (Å²) in [6.07, 6.45) is 6.63. The van der Waals surface area contributed by atoms with Crippen molar-refractivity contribution in [2.24, 2.45) is 0 Å². The minimum atomic E-state index is -0.107. The van der Waals surface area contributed by atoms with Crippen molar-refractivity contribution in [1.82, 2.24) is 14.5 Å². The van der Waals surface area contributed by atoms with Gasteiger partial charge in [0.15, 0.2) is 5.78 Å². The van der Waals surface area contributed by atoms with Gasteiger partial charge in [0.1, 0.15) is 17.6 Å². The zero-order valence-corrected chi connectivity index (χ0v) is 18.0. The molecule has 0 radical (unpaired) electrons. The number of rotatable bonds is 5. The molecule has 2 aromatic carbocycles. The van der Waals surface area contributed by atoms with Crippen LogP contribution in [-0.4, -0.2) is 20.3 Å². The van der Waals surface area contributed by atoms with Crippen molar-refractivity contribution in [1.29, 1.82) is 5.26 Å². The normalized spacial score (nSPS) is 11.0. The fourth-order valence-electron chi connectivity index (χ4n) is 3.69. The van der Waals surface area contributed by atoms with E-state index in [2.05, 4.69) is 16.0 Å². The van der Waals surface area contributed by atoms with Gasteiger partial charge in [-0.3, -0.25) is 9.78 Å². The number of ketones is 1. The number of nitrogens with zero attached hydrogens (tertiary/aromatic N) is 3. The smallest absolute Gasteiger partial charge is 0.184 e. The predicted octanol–water partition coefficient (Wildman–Crippen LogP) is 6.37. The maximum Gasteiger partial charge on any atom is 0.184 e. The van der Waals surface area contributed by atoms with Gasteiger partial charge >= 0.3 is 0 Å². The second kappa shape index (κ2) is 8.04. The quantitative estimate of drug-likeness (QED) is 0.308. The van der Waals surface area contributed by atoms with E-state index < -0.39 is 0 Å². The molecule has 3 aromatic heterocycles. The molecule has 32 heavy (non-hydrogen) atoms. The number of hydrogen-bond acceptors (Lipinski definition) is 4. The number of benzene rings is 2. The monoisotopic (exact) mass is 460 g/mol. The number of halogens is 2. The maximum atomic E-state index is 13.1. The van der Waals surface area contributed by atoms with Crippen molar-refractivity contribution in [3.63, 3.8) is 0 Å². The predicted molar refractivity (Wildman–Crippen MR) is 124 cm³/mol. The van der Waals surface area contributed by atoms with Crippen LogP contribution in [0.4, 0.5) is 0 Å². The average Bonchev–Trinajstić information content (AvgIpc) is 3.36. The third-order valence-corrected chi connectivity index (χ3v) is 5.90. The van der Waals surface area contributed by atoms with Gasteiger partial charge in [0, 0.05) is 46.5 Å². The zero-order chi connectivity index (χ0) is 22.2. The van der Waals surface area contributed by atoms with Crippen LogP contribution >= 0.6 is 23.2 Å².